The topological polar surface area (TPSA) is 190 Å². The first-order valence-corrected chi connectivity index (χ1v) is 18.3. The third kappa shape index (κ3) is 5.46. The maximum Gasteiger partial charge on any atom is 0.301 e. The monoisotopic (exact) mass is 768 g/mol. The fourth-order valence-electron chi connectivity index (χ4n) is 9.83. The summed E-state index contributed by atoms with van der Waals surface area (Å²) < 4.78 is 5.51. The number of anilines is 2. The van der Waals surface area contributed by atoms with Gasteiger partial charge in [0.25, 0.3) is 0 Å². The minimum Gasteiger partial charge on any atom is -0.504 e. The van der Waals surface area contributed by atoms with E-state index in [0.29, 0.717) is 22.3 Å². The van der Waals surface area contributed by atoms with Crippen molar-refractivity contribution in [3.05, 3.63) is 146 Å². The number of hydrogen-bond acceptors (Lipinski definition) is 11. The molecule has 14 nitrogen and oxygen atoms in total. The van der Waals surface area contributed by atoms with Crippen LogP contribution in [-0.2, 0) is 24.6 Å². The average molecular weight is 769 g/mol. The first-order chi connectivity index (χ1) is 27.3. The highest BCUT2D eigenvalue weighted by Gasteiger charge is 2.66. The quantitative estimate of drug-likeness (QED) is 0.0915. The zero-order valence-corrected chi connectivity index (χ0v) is 31.0. The van der Waals surface area contributed by atoms with Crippen molar-refractivity contribution in [1.29, 1.82) is 0 Å². The molecule has 2 amide bonds. The van der Waals surface area contributed by atoms with Crippen molar-refractivity contribution in [1.82, 2.24) is 0 Å². The summed E-state index contributed by atoms with van der Waals surface area (Å²) in [5.74, 6) is -6.82. The predicted octanol–water partition coefficient (Wildman–Crippen LogP) is 6.31. The minimum atomic E-state index is -1.53. The van der Waals surface area contributed by atoms with Gasteiger partial charge in [0, 0.05) is 43.6 Å². The van der Waals surface area contributed by atoms with Gasteiger partial charge in [0.1, 0.15) is 0 Å². The summed E-state index contributed by atoms with van der Waals surface area (Å²) in [6.45, 7) is 0. The summed E-state index contributed by atoms with van der Waals surface area (Å²) in [5, 5.41) is 35.2. The highest BCUT2D eigenvalue weighted by Crippen LogP contribution is 2.64. The number of rotatable bonds is 8. The number of allylic oxidation sites excluding steroid dienone is 4. The molecule has 1 N–H and O–H groups in total. The van der Waals surface area contributed by atoms with Crippen LogP contribution in [0.15, 0.2) is 109 Å². The van der Waals surface area contributed by atoms with E-state index in [-0.39, 0.29) is 52.9 Å². The molecule has 0 bridgehead atoms. The second-order valence-corrected chi connectivity index (χ2v) is 15.0. The molecule has 6 atom stereocenters. The smallest absolute Gasteiger partial charge is 0.301 e. The Morgan fingerprint density at radius 1 is 0.842 bits per heavy atom. The summed E-state index contributed by atoms with van der Waals surface area (Å²) in [6, 6.07) is 24.5. The molecule has 6 unspecified atom stereocenters. The number of Topliss-reactive ketones (excluding diaryl/α,β-unsaturated/α-hetero) is 1. The van der Waals surface area contributed by atoms with Crippen molar-refractivity contribution in [3.8, 4) is 11.5 Å². The van der Waals surface area contributed by atoms with Crippen LogP contribution < -0.4 is 14.5 Å². The maximum absolute atomic E-state index is 15.2. The summed E-state index contributed by atoms with van der Waals surface area (Å²) in [5.41, 5.74) is -0.927. The van der Waals surface area contributed by atoms with Gasteiger partial charge in [-0.05, 0) is 53.7 Å². The fraction of sp³-hybridized carbons (Fsp3) is 0.256. The number of carbonyl (C=O) groups excluding carboxylic acids is 4. The maximum atomic E-state index is 15.2. The van der Waals surface area contributed by atoms with Gasteiger partial charge in [0.2, 0.25) is 11.8 Å². The van der Waals surface area contributed by atoms with Gasteiger partial charge in [-0.15, -0.1) is 0 Å². The lowest BCUT2D eigenvalue weighted by Crippen LogP contribution is -2.58. The summed E-state index contributed by atoms with van der Waals surface area (Å²) in [6.07, 6.45) is 3.29. The molecule has 14 heteroatoms. The molecule has 1 heterocycles. The van der Waals surface area contributed by atoms with Gasteiger partial charge < -0.3 is 14.7 Å². The van der Waals surface area contributed by atoms with Crippen LogP contribution in [0.5, 0.6) is 11.5 Å². The summed E-state index contributed by atoms with van der Waals surface area (Å²) >= 11 is 0. The first kappa shape index (κ1) is 37.0. The molecule has 1 aliphatic heterocycles. The molecule has 288 valence electrons. The number of carbonyl (C=O) groups is 4. The van der Waals surface area contributed by atoms with Gasteiger partial charge in [0.05, 0.1) is 39.9 Å². The summed E-state index contributed by atoms with van der Waals surface area (Å²) in [7, 11) is 4.22. The van der Waals surface area contributed by atoms with Crippen LogP contribution in [-0.4, -0.2) is 59.5 Å². The number of nitro groups is 2. The van der Waals surface area contributed by atoms with Gasteiger partial charge in [-0.3, -0.25) is 39.4 Å². The molecule has 8 rings (SSSR count). The molecule has 1 saturated carbocycles. The summed E-state index contributed by atoms with van der Waals surface area (Å²) in [4.78, 5) is 84.4. The van der Waals surface area contributed by atoms with Gasteiger partial charge in [-0.1, -0.05) is 78.4 Å². The Hall–Kier alpha value is -6.96. The lowest BCUT2D eigenvalue weighted by molar-refractivity contribution is -0.392. The van der Waals surface area contributed by atoms with E-state index in [0.717, 1.165) is 17.0 Å². The molecule has 2 fully saturated rings. The normalized spacial score (nSPS) is 25.2. The Kier molecular flexibility index (Phi) is 8.86. The lowest BCUT2D eigenvalue weighted by atomic mass is 9.44. The molecular weight excluding hydrogens is 732 g/mol. The van der Waals surface area contributed by atoms with Crippen molar-refractivity contribution >= 4 is 51.7 Å². The molecule has 3 aliphatic carbocycles. The van der Waals surface area contributed by atoms with Gasteiger partial charge in [-0.2, -0.15) is 0 Å². The van der Waals surface area contributed by atoms with Crippen LogP contribution in [0.3, 0.4) is 0 Å². The number of methoxy groups -OCH3 is 1. The number of nitro benzene ring substituents is 2. The Bertz CT molecular complexity index is 2440. The molecule has 0 spiro atoms. The number of phenols is 1. The van der Waals surface area contributed by atoms with Crippen LogP contribution in [0.4, 0.5) is 22.7 Å². The van der Waals surface area contributed by atoms with E-state index >= 15 is 9.59 Å². The Morgan fingerprint density at radius 2 is 1.47 bits per heavy atom. The molecular formula is C43H36N4O10. The Labute approximate surface area is 326 Å². The lowest BCUT2D eigenvalue weighted by Gasteiger charge is -2.55. The van der Waals surface area contributed by atoms with Gasteiger partial charge in [-0.25, -0.2) is 4.90 Å². The second-order valence-electron chi connectivity index (χ2n) is 15.0. The largest absolute Gasteiger partial charge is 0.504 e. The third-order valence-corrected chi connectivity index (χ3v) is 12.1. The fourth-order valence-corrected chi connectivity index (χ4v) is 9.83. The van der Waals surface area contributed by atoms with E-state index in [9.17, 15) is 34.9 Å². The number of ether oxygens (including phenoxy) is 1. The van der Waals surface area contributed by atoms with Crippen LogP contribution in [0.2, 0.25) is 0 Å². The Morgan fingerprint density at radius 3 is 2.07 bits per heavy atom. The number of nitrogens with zero attached hydrogens (tertiary/aromatic N) is 4. The number of benzene rings is 4. The predicted molar refractivity (Wildman–Crippen MR) is 208 cm³/mol. The average Bonchev–Trinajstić information content (AvgIpc) is 3.47. The van der Waals surface area contributed by atoms with Crippen LogP contribution in [0.25, 0.3) is 5.57 Å². The van der Waals surface area contributed by atoms with Gasteiger partial charge in [0.15, 0.2) is 28.8 Å². The molecule has 0 radical (unpaired) electrons. The number of imide groups is 1. The Balaban J connectivity index is 1.34. The van der Waals surface area contributed by atoms with Crippen molar-refractivity contribution in [2.45, 2.75) is 24.2 Å². The minimum absolute atomic E-state index is 0.00488. The van der Waals surface area contributed by atoms with Gasteiger partial charge >= 0.3 is 11.4 Å². The number of fused-ring (bicyclic) bond motifs is 4. The zero-order valence-electron chi connectivity index (χ0n) is 31.0. The van der Waals surface area contributed by atoms with Crippen molar-refractivity contribution in [2.75, 3.05) is 31.0 Å². The highest BCUT2D eigenvalue weighted by molar-refractivity contribution is 6.32. The number of hydrogen-bond donors (Lipinski definition) is 1. The zero-order chi connectivity index (χ0) is 40.5. The van der Waals surface area contributed by atoms with E-state index < -0.39 is 68.0 Å². The number of amides is 2. The van der Waals surface area contributed by atoms with Crippen molar-refractivity contribution < 1.29 is 38.9 Å². The molecule has 4 aliphatic rings. The SMILES string of the molecule is COc1cc(C2C3=CCC4C(=O)N(c5cc([N+](=O)[O-])c(N(C)C)c([N+](=O)[O-])c5)C(=O)C4C3CC3C(=O)C(c4ccccc4)=CC(=O)C32c2ccccc2)ccc1O. The molecule has 4 aromatic carbocycles. The van der Waals surface area contributed by atoms with E-state index in [4.69, 9.17) is 4.74 Å². The third-order valence-electron chi connectivity index (χ3n) is 12.1. The van der Waals surface area contributed by atoms with E-state index in [1.165, 1.54) is 38.2 Å². The van der Waals surface area contributed by atoms with Crippen molar-refractivity contribution in [2.24, 2.45) is 23.7 Å². The number of ketones is 2. The highest BCUT2D eigenvalue weighted by atomic mass is 16.6. The molecule has 1 saturated heterocycles. The number of phenolic OH excluding ortho intramolecular Hbond substituents is 1. The first-order valence-electron chi connectivity index (χ1n) is 18.3. The van der Waals surface area contributed by atoms with E-state index in [1.54, 1.807) is 72.8 Å². The second kappa shape index (κ2) is 13.7. The van der Waals surface area contributed by atoms with Crippen LogP contribution in [0.1, 0.15) is 35.4 Å². The molecule has 57 heavy (non-hydrogen) atoms. The molecule has 0 aromatic heterocycles. The van der Waals surface area contributed by atoms with Crippen LogP contribution in [0, 0.1) is 43.9 Å². The van der Waals surface area contributed by atoms with E-state index in [2.05, 4.69) is 0 Å². The van der Waals surface area contributed by atoms with E-state index in [1.807, 2.05) is 6.08 Å². The molecule has 4 aromatic rings. The van der Waals surface area contributed by atoms with Crippen molar-refractivity contribution in [3.63, 3.8) is 0 Å². The number of aromatic hydroxyl groups is 1. The van der Waals surface area contributed by atoms with Crippen LogP contribution >= 0.6 is 0 Å². The standard InChI is InChI=1S/C43H36N4O10/c1-44(2)39-32(46(53)54)19-26(20-33(39)47(55)56)45-41(51)28-16-15-27-30(37(28)42(45)52)21-31-40(50)29(23-10-6-4-7-11-23)22-36(49)43(31,25-12-8-5-9-13-25)38(27)24-14-17-34(48)35(18-24)57-3/h4-15,17-20,22,28,30-31,37-38,48H,16,21H2,1-3H3.